The molecular formula is C21H27FN2. The predicted molar refractivity (Wildman–Crippen MR) is 97.5 cm³/mol. The minimum atomic E-state index is -0.176. The van der Waals surface area contributed by atoms with Gasteiger partial charge >= 0.3 is 0 Å². The van der Waals surface area contributed by atoms with Gasteiger partial charge in [-0.15, -0.1) is 0 Å². The van der Waals surface area contributed by atoms with Crippen LogP contribution in [-0.4, -0.2) is 24.5 Å². The lowest BCUT2D eigenvalue weighted by Gasteiger charge is -2.35. The Morgan fingerprint density at radius 2 is 1.62 bits per heavy atom. The summed E-state index contributed by atoms with van der Waals surface area (Å²) in [7, 11) is 0. The predicted octanol–water partition coefficient (Wildman–Crippen LogP) is 4.45. The number of benzene rings is 2. The van der Waals surface area contributed by atoms with Gasteiger partial charge in [0, 0.05) is 19.1 Å². The second-order valence-electron chi connectivity index (χ2n) is 6.78. The van der Waals surface area contributed by atoms with Crippen molar-refractivity contribution in [2.75, 3.05) is 19.6 Å². The van der Waals surface area contributed by atoms with Crippen LogP contribution in [0.4, 0.5) is 4.39 Å². The third-order valence-corrected chi connectivity index (χ3v) is 4.87. The second kappa shape index (κ2) is 8.41. The minimum absolute atomic E-state index is 0.176. The summed E-state index contributed by atoms with van der Waals surface area (Å²) in [4.78, 5) is 2.60. The van der Waals surface area contributed by atoms with Crippen molar-refractivity contribution in [3.63, 3.8) is 0 Å². The fraction of sp³-hybridized carbons (Fsp3) is 0.429. The number of hydrogen-bond donors (Lipinski definition) is 1. The highest BCUT2D eigenvalue weighted by Gasteiger charge is 2.21. The lowest BCUT2D eigenvalue weighted by atomic mass is 10.0. The van der Waals surface area contributed by atoms with Gasteiger partial charge in [-0.05, 0) is 56.1 Å². The van der Waals surface area contributed by atoms with Gasteiger partial charge in [0.15, 0.2) is 0 Å². The Hall–Kier alpha value is -1.71. The molecule has 1 unspecified atom stereocenters. The van der Waals surface area contributed by atoms with E-state index in [0.717, 1.165) is 18.7 Å². The maximum Gasteiger partial charge on any atom is 0.123 e. The largest absolute Gasteiger partial charge is 0.311 e. The van der Waals surface area contributed by atoms with E-state index < -0.39 is 0 Å². The summed E-state index contributed by atoms with van der Waals surface area (Å²) >= 11 is 0. The van der Waals surface area contributed by atoms with Crippen LogP contribution in [-0.2, 0) is 6.54 Å². The summed E-state index contributed by atoms with van der Waals surface area (Å²) in [6, 6.07) is 16.1. The molecule has 0 aliphatic carbocycles. The number of nitrogens with one attached hydrogen (secondary N) is 1. The molecule has 0 bridgehead atoms. The molecule has 1 N–H and O–H groups in total. The van der Waals surface area contributed by atoms with E-state index in [4.69, 9.17) is 0 Å². The molecule has 1 heterocycles. The molecule has 0 radical (unpaired) electrons. The maximum atomic E-state index is 13.0. The first-order chi connectivity index (χ1) is 11.7. The quantitative estimate of drug-likeness (QED) is 0.843. The number of hydrogen-bond acceptors (Lipinski definition) is 2. The summed E-state index contributed by atoms with van der Waals surface area (Å²) in [6.45, 7) is 6.18. The van der Waals surface area contributed by atoms with Crippen molar-refractivity contribution in [2.24, 2.45) is 0 Å². The molecular weight excluding hydrogens is 299 g/mol. The van der Waals surface area contributed by atoms with Crippen LogP contribution in [0.25, 0.3) is 0 Å². The summed E-state index contributed by atoms with van der Waals surface area (Å²) in [5.74, 6) is -0.176. The number of nitrogens with zero attached hydrogens (tertiary/aromatic N) is 1. The summed E-state index contributed by atoms with van der Waals surface area (Å²) in [6.07, 6.45) is 3.93. The fourth-order valence-corrected chi connectivity index (χ4v) is 3.43. The van der Waals surface area contributed by atoms with Crippen LogP contribution in [0.5, 0.6) is 0 Å². The van der Waals surface area contributed by atoms with Gasteiger partial charge in [-0.25, -0.2) is 4.39 Å². The van der Waals surface area contributed by atoms with E-state index in [1.165, 1.54) is 55.6 Å². The zero-order valence-electron chi connectivity index (χ0n) is 14.5. The molecule has 0 amide bonds. The van der Waals surface area contributed by atoms with Crippen molar-refractivity contribution < 1.29 is 4.39 Å². The highest BCUT2D eigenvalue weighted by atomic mass is 19.1. The van der Waals surface area contributed by atoms with E-state index in [0.29, 0.717) is 6.04 Å². The van der Waals surface area contributed by atoms with E-state index in [-0.39, 0.29) is 5.82 Å². The van der Waals surface area contributed by atoms with Crippen LogP contribution < -0.4 is 5.32 Å². The highest BCUT2D eigenvalue weighted by molar-refractivity contribution is 5.25. The number of halogens is 1. The highest BCUT2D eigenvalue weighted by Crippen LogP contribution is 2.24. The molecule has 1 fully saturated rings. The van der Waals surface area contributed by atoms with Crippen molar-refractivity contribution >= 4 is 0 Å². The smallest absolute Gasteiger partial charge is 0.123 e. The van der Waals surface area contributed by atoms with E-state index >= 15 is 0 Å². The van der Waals surface area contributed by atoms with Gasteiger partial charge in [-0.2, -0.15) is 0 Å². The van der Waals surface area contributed by atoms with Crippen molar-refractivity contribution in [2.45, 2.75) is 38.8 Å². The molecule has 3 rings (SSSR count). The first kappa shape index (κ1) is 17.1. The molecule has 1 atom stereocenters. The lowest BCUT2D eigenvalue weighted by molar-refractivity contribution is 0.160. The van der Waals surface area contributed by atoms with Gasteiger partial charge in [0.1, 0.15) is 5.82 Å². The Morgan fingerprint density at radius 3 is 2.29 bits per heavy atom. The molecule has 2 aromatic rings. The summed E-state index contributed by atoms with van der Waals surface area (Å²) in [5.41, 5.74) is 3.81. The average Bonchev–Trinajstić information content (AvgIpc) is 2.62. The first-order valence-corrected chi connectivity index (χ1v) is 8.98. The van der Waals surface area contributed by atoms with Crippen LogP contribution in [0, 0.1) is 12.7 Å². The van der Waals surface area contributed by atoms with Crippen molar-refractivity contribution in [3.8, 4) is 0 Å². The van der Waals surface area contributed by atoms with E-state index in [1.807, 2.05) is 12.1 Å². The molecule has 1 saturated heterocycles. The number of aryl methyl sites for hydroxylation is 1. The van der Waals surface area contributed by atoms with Crippen molar-refractivity contribution in [1.82, 2.24) is 10.2 Å². The maximum absolute atomic E-state index is 13.0. The Labute approximate surface area is 144 Å². The Morgan fingerprint density at radius 1 is 0.958 bits per heavy atom. The Balaban J connectivity index is 1.65. The zero-order valence-corrected chi connectivity index (χ0v) is 14.5. The van der Waals surface area contributed by atoms with Crippen LogP contribution in [0.1, 0.15) is 42.0 Å². The van der Waals surface area contributed by atoms with E-state index in [9.17, 15) is 4.39 Å². The molecule has 24 heavy (non-hydrogen) atoms. The summed E-state index contributed by atoms with van der Waals surface area (Å²) in [5, 5.41) is 3.57. The third-order valence-electron chi connectivity index (χ3n) is 4.87. The molecule has 2 nitrogen and oxygen atoms in total. The molecule has 128 valence electrons. The summed E-state index contributed by atoms with van der Waals surface area (Å²) < 4.78 is 13.0. The molecule has 0 aromatic heterocycles. The molecule has 0 spiro atoms. The second-order valence-corrected chi connectivity index (χ2v) is 6.78. The fourth-order valence-electron chi connectivity index (χ4n) is 3.43. The van der Waals surface area contributed by atoms with E-state index in [2.05, 4.69) is 41.4 Å². The minimum Gasteiger partial charge on any atom is -0.311 e. The van der Waals surface area contributed by atoms with Gasteiger partial charge in [0.05, 0.1) is 0 Å². The first-order valence-electron chi connectivity index (χ1n) is 8.98. The van der Waals surface area contributed by atoms with Gasteiger partial charge in [-0.3, -0.25) is 4.90 Å². The Kier molecular flexibility index (Phi) is 6.00. The molecule has 2 aromatic carbocycles. The molecule has 0 saturated carbocycles. The van der Waals surface area contributed by atoms with Gasteiger partial charge < -0.3 is 5.32 Å². The van der Waals surface area contributed by atoms with Crippen LogP contribution in [0.2, 0.25) is 0 Å². The molecule has 3 heteroatoms. The third kappa shape index (κ3) is 4.65. The molecule has 1 aliphatic rings. The SMILES string of the molecule is Cc1ccc(C(CNCc2ccc(F)cc2)N2CCCCC2)cc1. The van der Waals surface area contributed by atoms with Crippen LogP contribution in [0.15, 0.2) is 48.5 Å². The Bertz CT molecular complexity index is 615. The zero-order chi connectivity index (χ0) is 16.8. The van der Waals surface area contributed by atoms with E-state index in [1.54, 1.807) is 0 Å². The molecule has 1 aliphatic heterocycles. The van der Waals surface area contributed by atoms with Gasteiger partial charge in [0.2, 0.25) is 0 Å². The number of rotatable bonds is 6. The van der Waals surface area contributed by atoms with Crippen molar-refractivity contribution in [3.05, 3.63) is 71.0 Å². The average molecular weight is 326 g/mol. The van der Waals surface area contributed by atoms with Gasteiger partial charge in [-0.1, -0.05) is 48.4 Å². The lowest BCUT2D eigenvalue weighted by Crippen LogP contribution is -2.39. The standard InChI is InChI=1S/C21H27FN2/c1-17-5-9-19(10-6-17)21(24-13-3-2-4-14-24)16-23-15-18-7-11-20(22)12-8-18/h5-12,21,23H,2-4,13-16H2,1H3. The topological polar surface area (TPSA) is 15.3 Å². The van der Waals surface area contributed by atoms with Crippen LogP contribution >= 0.6 is 0 Å². The monoisotopic (exact) mass is 326 g/mol. The van der Waals surface area contributed by atoms with Crippen molar-refractivity contribution in [1.29, 1.82) is 0 Å². The number of likely N-dealkylation sites (tertiary alicyclic amines) is 1. The van der Waals surface area contributed by atoms with Crippen LogP contribution in [0.3, 0.4) is 0 Å². The normalized spacial score (nSPS) is 16.9. The van der Waals surface area contributed by atoms with Gasteiger partial charge in [0.25, 0.3) is 0 Å². The number of piperidine rings is 1.